The van der Waals surface area contributed by atoms with E-state index in [2.05, 4.69) is 46.3 Å². The second-order valence-corrected chi connectivity index (χ2v) is 8.56. The quantitative estimate of drug-likeness (QED) is 0.721. The van der Waals surface area contributed by atoms with E-state index in [-0.39, 0.29) is 11.8 Å². The van der Waals surface area contributed by atoms with Crippen LogP contribution in [0.1, 0.15) is 30.4 Å². The van der Waals surface area contributed by atoms with Crippen molar-refractivity contribution in [1.82, 2.24) is 9.88 Å². The van der Waals surface area contributed by atoms with Gasteiger partial charge in [-0.15, -0.1) is 0 Å². The van der Waals surface area contributed by atoms with Gasteiger partial charge < -0.3 is 9.84 Å². The van der Waals surface area contributed by atoms with Gasteiger partial charge in [-0.25, -0.2) is 0 Å². The lowest BCUT2D eigenvalue weighted by molar-refractivity contribution is -0.148. The first-order valence-corrected chi connectivity index (χ1v) is 10.6. The first-order chi connectivity index (χ1) is 14.2. The van der Waals surface area contributed by atoms with Crippen LogP contribution in [0.25, 0.3) is 10.9 Å². The number of hydrogen-bond acceptors (Lipinski definition) is 4. The summed E-state index contributed by atoms with van der Waals surface area (Å²) in [5.41, 5.74) is 2.68. The fourth-order valence-corrected chi connectivity index (χ4v) is 5.55. The van der Waals surface area contributed by atoms with Gasteiger partial charge in [0.15, 0.2) is 0 Å². The van der Waals surface area contributed by atoms with Crippen molar-refractivity contribution in [2.24, 2.45) is 11.8 Å². The minimum Gasteiger partial charge on any atom is -0.497 e. The van der Waals surface area contributed by atoms with Crippen molar-refractivity contribution in [3.63, 3.8) is 0 Å². The first-order valence-electron chi connectivity index (χ1n) is 10.6. The van der Waals surface area contributed by atoms with Crippen LogP contribution in [0.5, 0.6) is 5.75 Å². The van der Waals surface area contributed by atoms with E-state index in [0.29, 0.717) is 0 Å². The Morgan fingerprint density at radius 3 is 2.52 bits per heavy atom. The van der Waals surface area contributed by atoms with Crippen LogP contribution in [-0.4, -0.2) is 35.2 Å². The van der Waals surface area contributed by atoms with Crippen LogP contribution in [-0.2, 0) is 12.1 Å². The monoisotopic (exact) mass is 388 g/mol. The van der Waals surface area contributed by atoms with Crippen LogP contribution in [0.3, 0.4) is 0 Å². The molecule has 2 atom stereocenters. The van der Waals surface area contributed by atoms with E-state index < -0.39 is 5.60 Å². The molecule has 3 aromatic rings. The van der Waals surface area contributed by atoms with Crippen LogP contribution in [0.15, 0.2) is 60.8 Å². The summed E-state index contributed by atoms with van der Waals surface area (Å²) >= 11 is 0. The molecule has 4 heteroatoms. The van der Waals surface area contributed by atoms with Gasteiger partial charge in [0.05, 0.1) is 18.2 Å². The Balaban J connectivity index is 1.41. The van der Waals surface area contributed by atoms with Gasteiger partial charge in [0, 0.05) is 43.1 Å². The van der Waals surface area contributed by atoms with Crippen LogP contribution in [0.2, 0.25) is 0 Å². The van der Waals surface area contributed by atoms with Crippen molar-refractivity contribution in [3.8, 4) is 5.75 Å². The van der Waals surface area contributed by atoms with Gasteiger partial charge in [-0.3, -0.25) is 9.88 Å². The molecule has 5 rings (SSSR count). The lowest BCUT2D eigenvalue weighted by Gasteiger charge is -2.53. The maximum Gasteiger partial charge on any atom is 0.118 e. The van der Waals surface area contributed by atoms with Gasteiger partial charge in [-0.05, 0) is 48.2 Å². The van der Waals surface area contributed by atoms with Gasteiger partial charge in [-0.2, -0.15) is 0 Å². The van der Waals surface area contributed by atoms with Crippen LogP contribution in [0, 0.1) is 11.8 Å². The number of aromatic nitrogens is 1. The molecule has 1 saturated heterocycles. The second-order valence-electron chi connectivity index (χ2n) is 8.56. The highest BCUT2D eigenvalue weighted by Gasteiger charge is 2.51. The van der Waals surface area contributed by atoms with Crippen LogP contribution >= 0.6 is 0 Å². The largest absolute Gasteiger partial charge is 0.497 e. The van der Waals surface area contributed by atoms with Crippen LogP contribution in [0.4, 0.5) is 0 Å². The molecule has 1 N–H and O–H groups in total. The average molecular weight is 389 g/mol. The molecular weight excluding hydrogens is 360 g/mol. The number of pyridine rings is 1. The Labute approximate surface area is 172 Å². The molecule has 2 bridgehead atoms. The Hall–Kier alpha value is -2.43. The molecule has 2 aliphatic rings. The molecule has 0 unspecified atom stereocenters. The zero-order chi connectivity index (χ0) is 19.8. The average Bonchev–Trinajstić information content (AvgIpc) is 2.75. The van der Waals surface area contributed by atoms with Gasteiger partial charge in [0.1, 0.15) is 5.75 Å². The third-order valence-corrected chi connectivity index (χ3v) is 6.99. The van der Waals surface area contributed by atoms with Crippen molar-refractivity contribution >= 4 is 10.9 Å². The fourth-order valence-electron chi connectivity index (χ4n) is 5.55. The van der Waals surface area contributed by atoms with Crippen LogP contribution < -0.4 is 4.74 Å². The minimum atomic E-state index is -0.735. The molecule has 4 nitrogen and oxygen atoms in total. The summed E-state index contributed by atoms with van der Waals surface area (Å²) in [6.45, 7) is 2.76. The fraction of sp³-hybridized carbons (Fsp3) is 0.400. The molecule has 0 radical (unpaired) electrons. The van der Waals surface area contributed by atoms with Crippen molar-refractivity contribution in [2.45, 2.75) is 31.4 Å². The summed E-state index contributed by atoms with van der Waals surface area (Å²) in [6.07, 6.45) is 5.21. The Bertz CT molecular complexity index is 982. The number of rotatable bonds is 4. The summed E-state index contributed by atoms with van der Waals surface area (Å²) in [4.78, 5) is 7.04. The number of hydrogen-bond donors (Lipinski definition) is 1. The van der Waals surface area contributed by atoms with E-state index in [9.17, 15) is 5.11 Å². The molecule has 2 aromatic carbocycles. The summed E-state index contributed by atoms with van der Waals surface area (Å²) in [5.74, 6) is 1.36. The predicted molar refractivity (Wildman–Crippen MR) is 115 cm³/mol. The molecule has 150 valence electrons. The summed E-state index contributed by atoms with van der Waals surface area (Å²) in [5, 5.41) is 13.1. The molecular formula is C25H28N2O2. The van der Waals surface area contributed by atoms with E-state index in [4.69, 9.17) is 4.74 Å². The highest BCUT2D eigenvalue weighted by atomic mass is 16.5. The van der Waals surface area contributed by atoms with Crippen molar-refractivity contribution in [1.29, 1.82) is 0 Å². The predicted octanol–water partition coefficient (Wildman–Crippen LogP) is 4.36. The lowest BCUT2D eigenvalue weighted by Crippen LogP contribution is -2.57. The van der Waals surface area contributed by atoms with Crippen molar-refractivity contribution in [3.05, 3.63) is 71.9 Å². The number of likely N-dealkylation sites (tertiary alicyclic amines) is 1. The van der Waals surface area contributed by atoms with Gasteiger partial charge >= 0.3 is 0 Å². The standard InChI is InChI=1S/C25H28N2O2/c1-29-22-12-10-19(11-13-22)25(28)20-6-3-7-21(25)17-27(16-20)15-18-5-2-9-24-23(18)8-4-14-26-24/h2,4-5,8-14,20-21,28H,3,6-7,15-17H2,1H3/t20-,21-/m1/s1. The summed E-state index contributed by atoms with van der Waals surface area (Å²) in [6, 6.07) is 18.6. The number of methoxy groups -OCH3 is 1. The van der Waals surface area contributed by atoms with Gasteiger partial charge in [0.2, 0.25) is 0 Å². The number of piperidine rings is 1. The molecule has 1 saturated carbocycles. The molecule has 0 spiro atoms. The zero-order valence-corrected chi connectivity index (χ0v) is 16.9. The Morgan fingerprint density at radius 2 is 1.79 bits per heavy atom. The zero-order valence-electron chi connectivity index (χ0n) is 16.9. The maximum atomic E-state index is 11.9. The second kappa shape index (κ2) is 7.43. The van der Waals surface area contributed by atoms with Crippen molar-refractivity contribution in [2.75, 3.05) is 20.2 Å². The van der Waals surface area contributed by atoms with E-state index in [1.165, 1.54) is 17.4 Å². The summed E-state index contributed by atoms with van der Waals surface area (Å²) in [7, 11) is 1.68. The Morgan fingerprint density at radius 1 is 1.03 bits per heavy atom. The number of nitrogens with zero attached hydrogens (tertiary/aromatic N) is 2. The SMILES string of the molecule is COc1ccc(C2(O)[C@@H]3CCC[C@@H]2CN(Cc2cccc4ncccc24)C3)cc1. The third-order valence-electron chi connectivity index (χ3n) is 6.99. The molecule has 1 aliphatic heterocycles. The topological polar surface area (TPSA) is 45.6 Å². The van der Waals surface area contributed by atoms with E-state index >= 15 is 0 Å². The molecule has 1 aromatic heterocycles. The summed E-state index contributed by atoms with van der Waals surface area (Å²) < 4.78 is 5.31. The Kier molecular flexibility index (Phi) is 4.76. The molecule has 0 amide bonds. The molecule has 29 heavy (non-hydrogen) atoms. The molecule has 2 fully saturated rings. The molecule has 2 heterocycles. The minimum absolute atomic E-state index is 0.261. The van der Waals surface area contributed by atoms with Crippen molar-refractivity contribution < 1.29 is 9.84 Å². The highest BCUT2D eigenvalue weighted by Crippen LogP contribution is 2.49. The highest BCUT2D eigenvalue weighted by molar-refractivity contribution is 5.81. The lowest BCUT2D eigenvalue weighted by atomic mass is 9.62. The number of aliphatic hydroxyl groups is 1. The maximum absolute atomic E-state index is 11.9. The first kappa shape index (κ1) is 18.6. The smallest absolute Gasteiger partial charge is 0.118 e. The number of fused-ring (bicyclic) bond motifs is 3. The van der Waals surface area contributed by atoms with E-state index in [0.717, 1.165) is 49.3 Å². The molecule has 1 aliphatic carbocycles. The van der Waals surface area contributed by atoms with E-state index in [1.807, 2.05) is 24.4 Å². The third kappa shape index (κ3) is 3.21. The van der Waals surface area contributed by atoms with E-state index in [1.54, 1.807) is 7.11 Å². The van der Waals surface area contributed by atoms with Gasteiger partial charge in [0.25, 0.3) is 0 Å². The van der Waals surface area contributed by atoms with Gasteiger partial charge in [-0.1, -0.05) is 36.8 Å². The number of benzene rings is 2. The normalized spacial score (nSPS) is 27.1. The number of ether oxygens (including phenoxy) is 1.